The van der Waals surface area contributed by atoms with Gasteiger partial charge in [-0.25, -0.2) is 0 Å². The van der Waals surface area contributed by atoms with Crippen LogP contribution in [0.3, 0.4) is 0 Å². The average Bonchev–Trinajstić information content (AvgIpc) is 2.35. The van der Waals surface area contributed by atoms with Gasteiger partial charge in [0, 0.05) is 12.8 Å². The van der Waals surface area contributed by atoms with Crippen LogP contribution in [-0.2, 0) is 14.3 Å². The summed E-state index contributed by atoms with van der Waals surface area (Å²) < 4.78 is 5.12. The van der Waals surface area contributed by atoms with Crippen LogP contribution in [0, 0.1) is 0 Å². The molecule has 5 unspecified atom stereocenters. The largest absolute Gasteiger partial charge is 0.462 e. The third kappa shape index (κ3) is 12.1. The second-order valence-electron chi connectivity index (χ2n) is 6.15. The predicted molar refractivity (Wildman–Crippen MR) is 83.6 cm³/mol. The van der Waals surface area contributed by atoms with E-state index in [1.54, 1.807) is 6.92 Å². The molecule has 0 aliphatic carbocycles. The van der Waals surface area contributed by atoms with Crippen molar-refractivity contribution >= 4 is 11.8 Å². The number of ketones is 1. The zero-order chi connectivity index (χ0) is 18.0. The van der Waals surface area contributed by atoms with E-state index < -0.39 is 36.5 Å². The number of Topliss-reactive ketones (excluding diaryl/α,β-unsaturated/α-hetero) is 1. The lowest BCUT2D eigenvalue weighted by Crippen LogP contribution is -2.30. The van der Waals surface area contributed by atoms with Gasteiger partial charge in [-0.15, -0.1) is 0 Å². The Kier molecular flexibility index (Phi) is 11.0. The van der Waals surface area contributed by atoms with E-state index in [0.29, 0.717) is 6.42 Å². The molecule has 0 aliphatic rings. The Morgan fingerprint density at radius 2 is 1.43 bits per heavy atom. The Balaban J connectivity index is 4.45. The molecule has 0 spiro atoms. The highest BCUT2D eigenvalue weighted by Crippen LogP contribution is 2.16. The van der Waals surface area contributed by atoms with Crippen LogP contribution in [-0.4, -0.2) is 62.7 Å². The van der Waals surface area contributed by atoms with Gasteiger partial charge in [-0.2, -0.15) is 0 Å². The molecule has 5 atom stereocenters. The summed E-state index contributed by atoms with van der Waals surface area (Å²) in [7, 11) is 0. The van der Waals surface area contributed by atoms with Gasteiger partial charge < -0.3 is 25.2 Å². The van der Waals surface area contributed by atoms with Gasteiger partial charge in [-0.1, -0.05) is 6.92 Å². The van der Waals surface area contributed by atoms with Crippen LogP contribution in [0.15, 0.2) is 0 Å². The number of ether oxygens (including phenoxy) is 1. The second kappa shape index (κ2) is 11.5. The maximum atomic E-state index is 11.5. The van der Waals surface area contributed by atoms with Crippen molar-refractivity contribution in [3.8, 4) is 0 Å². The van der Waals surface area contributed by atoms with Crippen LogP contribution in [0.5, 0.6) is 0 Å². The smallest absolute Gasteiger partial charge is 0.313 e. The summed E-state index contributed by atoms with van der Waals surface area (Å²) in [4.78, 5) is 22.4. The first-order chi connectivity index (χ1) is 10.6. The molecule has 0 radical (unpaired) electrons. The van der Waals surface area contributed by atoms with Crippen molar-refractivity contribution in [3.05, 3.63) is 0 Å². The lowest BCUT2D eigenvalue weighted by molar-refractivity contribution is -0.153. The number of aliphatic hydroxyl groups is 4. The van der Waals surface area contributed by atoms with Crippen LogP contribution in [0.1, 0.15) is 59.3 Å². The van der Waals surface area contributed by atoms with Crippen molar-refractivity contribution in [2.24, 2.45) is 0 Å². The van der Waals surface area contributed by atoms with Crippen molar-refractivity contribution in [2.45, 2.75) is 89.8 Å². The minimum absolute atomic E-state index is 0.0393. The van der Waals surface area contributed by atoms with Crippen LogP contribution < -0.4 is 0 Å². The van der Waals surface area contributed by atoms with Crippen LogP contribution in [0.2, 0.25) is 0 Å². The molecule has 136 valence electrons. The molecule has 4 N–H and O–H groups in total. The van der Waals surface area contributed by atoms with E-state index in [1.165, 1.54) is 13.8 Å². The Morgan fingerprint density at radius 3 is 1.91 bits per heavy atom. The zero-order valence-electron chi connectivity index (χ0n) is 14.1. The highest BCUT2D eigenvalue weighted by atomic mass is 16.5. The second-order valence-corrected chi connectivity index (χ2v) is 6.15. The van der Waals surface area contributed by atoms with E-state index in [2.05, 4.69) is 0 Å². The van der Waals surface area contributed by atoms with Gasteiger partial charge in [0.2, 0.25) is 0 Å². The number of carbonyl (C=O) groups excluding carboxylic acids is 2. The lowest BCUT2D eigenvalue weighted by atomic mass is 9.98. The van der Waals surface area contributed by atoms with Crippen molar-refractivity contribution in [3.63, 3.8) is 0 Å². The molecule has 0 saturated carbocycles. The summed E-state index contributed by atoms with van der Waals surface area (Å²) in [5, 5.41) is 38.7. The average molecular weight is 334 g/mol. The van der Waals surface area contributed by atoms with Crippen LogP contribution >= 0.6 is 0 Å². The Hall–Kier alpha value is -1.02. The predicted octanol–water partition coefficient (Wildman–Crippen LogP) is 0.311. The molecule has 0 rings (SSSR count). The van der Waals surface area contributed by atoms with Gasteiger partial charge in [0.1, 0.15) is 18.3 Å². The summed E-state index contributed by atoms with van der Waals surface area (Å²) in [6.07, 6.45) is -3.34. The summed E-state index contributed by atoms with van der Waals surface area (Å²) >= 11 is 0. The molecule has 0 aliphatic heterocycles. The standard InChI is InChI=1S/C16H30O7/c1-4-12(19)7-13(20)8-14(21)9-15(5-10(2)17)23-16(22)6-11(3)18/h10,12-15,17,19-21H,4-9H2,1-3H3. The van der Waals surface area contributed by atoms with E-state index >= 15 is 0 Å². The van der Waals surface area contributed by atoms with E-state index in [9.17, 15) is 30.0 Å². The lowest BCUT2D eigenvalue weighted by Gasteiger charge is -2.23. The molecular formula is C16H30O7. The van der Waals surface area contributed by atoms with Gasteiger partial charge >= 0.3 is 5.97 Å². The van der Waals surface area contributed by atoms with Crippen molar-refractivity contribution in [1.29, 1.82) is 0 Å². The van der Waals surface area contributed by atoms with Gasteiger partial charge in [-0.05, 0) is 33.1 Å². The van der Waals surface area contributed by atoms with Crippen LogP contribution in [0.4, 0.5) is 0 Å². The molecule has 0 fully saturated rings. The fraction of sp³-hybridized carbons (Fsp3) is 0.875. The number of esters is 1. The minimum atomic E-state index is -0.942. The molecular weight excluding hydrogens is 304 g/mol. The quantitative estimate of drug-likeness (QED) is 0.299. The Morgan fingerprint density at radius 1 is 0.913 bits per heavy atom. The van der Waals surface area contributed by atoms with Gasteiger partial charge in [0.05, 0.1) is 24.4 Å². The summed E-state index contributed by atoms with van der Waals surface area (Å²) in [5.74, 6) is -1.02. The normalized spacial score (nSPS) is 17.9. The molecule has 0 bridgehead atoms. The number of rotatable bonds is 12. The number of hydrogen-bond donors (Lipinski definition) is 4. The summed E-state index contributed by atoms with van der Waals surface area (Å²) in [5.41, 5.74) is 0. The molecule has 23 heavy (non-hydrogen) atoms. The van der Waals surface area contributed by atoms with Gasteiger partial charge in [0.15, 0.2) is 0 Å². The summed E-state index contributed by atoms with van der Waals surface area (Å²) in [6, 6.07) is 0. The van der Waals surface area contributed by atoms with E-state index in [0.717, 1.165) is 0 Å². The number of hydrogen-bond acceptors (Lipinski definition) is 7. The molecule has 0 aromatic carbocycles. The minimum Gasteiger partial charge on any atom is -0.462 e. The van der Waals surface area contributed by atoms with Gasteiger partial charge in [0.25, 0.3) is 0 Å². The zero-order valence-corrected chi connectivity index (χ0v) is 14.1. The highest BCUT2D eigenvalue weighted by molar-refractivity contribution is 5.94. The Bertz CT molecular complexity index is 356. The molecule has 0 saturated heterocycles. The van der Waals surface area contributed by atoms with Crippen molar-refractivity contribution < 1.29 is 34.8 Å². The molecule has 0 amide bonds. The monoisotopic (exact) mass is 334 g/mol. The molecule has 7 heteroatoms. The van der Waals surface area contributed by atoms with E-state index in [1.807, 2.05) is 0 Å². The first kappa shape index (κ1) is 22.0. The first-order valence-corrected chi connectivity index (χ1v) is 8.05. The van der Waals surface area contributed by atoms with E-state index in [4.69, 9.17) is 4.74 Å². The fourth-order valence-corrected chi connectivity index (χ4v) is 2.29. The maximum Gasteiger partial charge on any atom is 0.313 e. The Labute approximate surface area is 137 Å². The van der Waals surface area contributed by atoms with Crippen LogP contribution in [0.25, 0.3) is 0 Å². The van der Waals surface area contributed by atoms with Gasteiger partial charge in [-0.3, -0.25) is 9.59 Å². The first-order valence-electron chi connectivity index (χ1n) is 8.05. The maximum absolute atomic E-state index is 11.5. The van der Waals surface area contributed by atoms with E-state index in [-0.39, 0.29) is 37.9 Å². The third-order valence-corrected chi connectivity index (χ3v) is 3.39. The molecule has 0 aromatic heterocycles. The number of aliphatic hydroxyl groups excluding tert-OH is 4. The summed E-state index contributed by atoms with van der Waals surface area (Å²) in [6.45, 7) is 4.60. The van der Waals surface area contributed by atoms with Crippen molar-refractivity contribution in [1.82, 2.24) is 0 Å². The molecule has 0 heterocycles. The third-order valence-electron chi connectivity index (χ3n) is 3.39. The molecule has 7 nitrogen and oxygen atoms in total. The number of carbonyl (C=O) groups is 2. The highest BCUT2D eigenvalue weighted by Gasteiger charge is 2.23. The SMILES string of the molecule is CCC(O)CC(O)CC(O)CC(CC(C)O)OC(=O)CC(C)=O. The van der Waals surface area contributed by atoms with Crippen molar-refractivity contribution in [2.75, 3.05) is 0 Å². The topological polar surface area (TPSA) is 124 Å². The fourth-order valence-electron chi connectivity index (χ4n) is 2.29. The molecule has 0 aromatic rings.